The third-order valence-corrected chi connectivity index (χ3v) is 5.06. The van der Waals surface area contributed by atoms with Gasteiger partial charge in [0.2, 0.25) is 5.91 Å². The van der Waals surface area contributed by atoms with E-state index in [1.54, 1.807) is 12.1 Å². The Labute approximate surface area is 172 Å². The van der Waals surface area contributed by atoms with Crippen molar-refractivity contribution in [2.75, 3.05) is 36.5 Å². The number of amides is 2. The lowest BCUT2D eigenvalue weighted by Crippen LogP contribution is -2.47. The minimum Gasteiger partial charge on any atom is -0.378 e. The summed E-state index contributed by atoms with van der Waals surface area (Å²) in [5, 5.41) is 5.78. The predicted molar refractivity (Wildman–Crippen MR) is 115 cm³/mol. The molecule has 1 aliphatic heterocycles. The molecule has 1 heterocycles. The fourth-order valence-electron chi connectivity index (χ4n) is 3.26. The van der Waals surface area contributed by atoms with Gasteiger partial charge in [0, 0.05) is 30.0 Å². The summed E-state index contributed by atoms with van der Waals surface area (Å²) < 4.78 is 5.38. The molecule has 29 heavy (non-hydrogen) atoms. The lowest BCUT2D eigenvalue weighted by molar-refractivity contribution is -0.118. The van der Waals surface area contributed by atoms with Gasteiger partial charge in [-0.05, 0) is 49.2 Å². The van der Waals surface area contributed by atoms with Crippen molar-refractivity contribution in [1.82, 2.24) is 5.32 Å². The van der Waals surface area contributed by atoms with Gasteiger partial charge >= 0.3 is 0 Å². The Morgan fingerprint density at radius 3 is 2.17 bits per heavy atom. The van der Waals surface area contributed by atoms with Crippen LogP contribution in [0.15, 0.2) is 48.5 Å². The van der Waals surface area contributed by atoms with E-state index in [-0.39, 0.29) is 17.7 Å². The lowest BCUT2D eigenvalue weighted by Gasteiger charge is -2.29. The minimum atomic E-state index is -0.622. The Kier molecular flexibility index (Phi) is 6.88. The van der Waals surface area contributed by atoms with Gasteiger partial charge in [0.1, 0.15) is 6.04 Å². The van der Waals surface area contributed by atoms with E-state index in [1.807, 2.05) is 57.2 Å². The molecular formula is C23H29N3O3. The molecular weight excluding hydrogens is 366 g/mol. The zero-order valence-electron chi connectivity index (χ0n) is 17.3. The first kappa shape index (κ1) is 20.9. The molecule has 0 aromatic heterocycles. The SMILES string of the molecule is Cc1ccc(C(=O)N[C@H](C(=O)Nc2ccc(N3CCOCC3)cc2)C(C)C)cc1. The molecule has 0 spiro atoms. The van der Waals surface area contributed by atoms with Gasteiger partial charge in [-0.25, -0.2) is 0 Å². The van der Waals surface area contributed by atoms with Crippen LogP contribution in [0.1, 0.15) is 29.8 Å². The minimum absolute atomic E-state index is 0.0444. The van der Waals surface area contributed by atoms with Crippen molar-refractivity contribution in [3.05, 3.63) is 59.7 Å². The van der Waals surface area contributed by atoms with Crippen molar-refractivity contribution in [1.29, 1.82) is 0 Å². The number of carbonyl (C=O) groups is 2. The molecule has 6 nitrogen and oxygen atoms in total. The van der Waals surface area contributed by atoms with Gasteiger partial charge in [-0.1, -0.05) is 31.5 Å². The van der Waals surface area contributed by atoms with Crippen LogP contribution in [-0.2, 0) is 9.53 Å². The van der Waals surface area contributed by atoms with Gasteiger partial charge in [-0.3, -0.25) is 9.59 Å². The Morgan fingerprint density at radius 2 is 1.59 bits per heavy atom. The van der Waals surface area contributed by atoms with Crippen LogP contribution in [0.4, 0.5) is 11.4 Å². The second-order valence-electron chi connectivity index (χ2n) is 7.70. The number of hydrogen-bond acceptors (Lipinski definition) is 4. The molecule has 0 unspecified atom stereocenters. The van der Waals surface area contributed by atoms with Crippen LogP contribution in [0.3, 0.4) is 0 Å². The summed E-state index contributed by atoms with van der Waals surface area (Å²) in [6.07, 6.45) is 0. The van der Waals surface area contributed by atoms with E-state index in [9.17, 15) is 9.59 Å². The van der Waals surface area contributed by atoms with E-state index in [2.05, 4.69) is 15.5 Å². The molecule has 1 aliphatic rings. The summed E-state index contributed by atoms with van der Waals surface area (Å²) in [6, 6.07) is 14.5. The number of aryl methyl sites for hydroxylation is 1. The zero-order chi connectivity index (χ0) is 20.8. The number of ether oxygens (including phenoxy) is 1. The normalized spacial score (nSPS) is 15.1. The number of anilines is 2. The topological polar surface area (TPSA) is 70.7 Å². The summed E-state index contributed by atoms with van der Waals surface area (Å²) in [6.45, 7) is 9.00. The van der Waals surface area contributed by atoms with E-state index in [4.69, 9.17) is 4.74 Å². The van der Waals surface area contributed by atoms with Crippen LogP contribution >= 0.6 is 0 Å². The number of rotatable bonds is 6. The Balaban J connectivity index is 1.63. The number of benzene rings is 2. The third kappa shape index (κ3) is 5.57. The number of hydrogen-bond donors (Lipinski definition) is 2. The maximum absolute atomic E-state index is 12.8. The molecule has 2 amide bonds. The van der Waals surface area contributed by atoms with Crippen LogP contribution in [0, 0.1) is 12.8 Å². The second kappa shape index (κ2) is 9.56. The molecule has 154 valence electrons. The highest BCUT2D eigenvalue weighted by Crippen LogP contribution is 2.19. The van der Waals surface area contributed by atoms with Gasteiger partial charge in [0.05, 0.1) is 13.2 Å². The maximum atomic E-state index is 12.8. The molecule has 3 rings (SSSR count). The van der Waals surface area contributed by atoms with Gasteiger partial charge in [-0.2, -0.15) is 0 Å². The van der Waals surface area contributed by atoms with E-state index in [1.165, 1.54) is 0 Å². The lowest BCUT2D eigenvalue weighted by atomic mass is 10.0. The average molecular weight is 396 g/mol. The molecule has 2 aromatic rings. The molecule has 1 saturated heterocycles. The summed E-state index contributed by atoms with van der Waals surface area (Å²) in [4.78, 5) is 27.6. The first-order chi connectivity index (χ1) is 13.9. The smallest absolute Gasteiger partial charge is 0.251 e. The molecule has 0 radical (unpaired) electrons. The van der Waals surface area contributed by atoms with Crippen molar-refractivity contribution in [2.24, 2.45) is 5.92 Å². The van der Waals surface area contributed by atoms with Crippen LogP contribution in [0.5, 0.6) is 0 Å². The van der Waals surface area contributed by atoms with Crippen molar-refractivity contribution < 1.29 is 14.3 Å². The number of morpholine rings is 1. The van der Waals surface area contributed by atoms with Crippen LogP contribution in [0.2, 0.25) is 0 Å². The highest BCUT2D eigenvalue weighted by Gasteiger charge is 2.25. The van der Waals surface area contributed by atoms with E-state index in [0.29, 0.717) is 11.3 Å². The fraction of sp³-hybridized carbons (Fsp3) is 0.391. The number of nitrogens with zero attached hydrogens (tertiary/aromatic N) is 1. The first-order valence-electron chi connectivity index (χ1n) is 10.0. The molecule has 2 aromatic carbocycles. The van der Waals surface area contributed by atoms with E-state index in [0.717, 1.165) is 37.6 Å². The largest absolute Gasteiger partial charge is 0.378 e. The third-order valence-electron chi connectivity index (χ3n) is 5.06. The van der Waals surface area contributed by atoms with Gasteiger partial charge in [0.15, 0.2) is 0 Å². The number of carbonyl (C=O) groups excluding carboxylic acids is 2. The predicted octanol–water partition coefficient (Wildman–Crippen LogP) is 3.22. The molecule has 6 heteroatoms. The monoisotopic (exact) mass is 395 g/mol. The highest BCUT2D eigenvalue weighted by atomic mass is 16.5. The van der Waals surface area contributed by atoms with Gasteiger partial charge in [-0.15, -0.1) is 0 Å². The van der Waals surface area contributed by atoms with Gasteiger partial charge < -0.3 is 20.3 Å². The van der Waals surface area contributed by atoms with E-state index >= 15 is 0 Å². The summed E-state index contributed by atoms with van der Waals surface area (Å²) in [5.74, 6) is -0.516. The quantitative estimate of drug-likeness (QED) is 0.788. The van der Waals surface area contributed by atoms with Gasteiger partial charge in [0.25, 0.3) is 5.91 Å². The molecule has 2 N–H and O–H groups in total. The molecule has 0 saturated carbocycles. The van der Waals surface area contributed by atoms with E-state index < -0.39 is 6.04 Å². The number of nitrogens with one attached hydrogen (secondary N) is 2. The van der Waals surface area contributed by atoms with Crippen LogP contribution in [0.25, 0.3) is 0 Å². The van der Waals surface area contributed by atoms with Crippen molar-refractivity contribution in [3.8, 4) is 0 Å². The first-order valence-corrected chi connectivity index (χ1v) is 10.0. The summed E-state index contributed by atoms with van der Waals surface area (Å²) >= 11 is 0. The molecule has 0 bridgehead atoms. The van der Waals surface area contributed by atoms with Crippen LogP contribution in [-0.4, -0.2) is 44.2 Å². The Bertz CT molecular complexity index is 825. The Morgan fingerprint density at radius 1 is 0.966 bits per heavy atom. The fourth-order valence-corrected chi connectivity index (χ4v) is 3.26. The summed E-state index contributed by atoms with van der Waals surface area (Å²) in [7, 11) is 0. The molecule has 0 aliphatic carbocycles. The molecule has 1 atom stereocenters. The second-order valence-corrected chi connectivity index (χ2v) is 7.70. The molecule has 1 fully saturated rings. The average Bonchev–Trinajstić information content (AvgIpc) is 2.73. The van der Waals surface area contributed by atoms with Crippen molar-refractivity contribution in [2.45, 2.75) is 26.8 Å². The summed E-state index contributed by atoms with van der Waals surface area (Å²) in [5.41, 5.74) is 3.45. The van der Waals surface area contributed by atoms with Crippen LogP contribution < -0.4 is 15.5 Å². The maximum Gasteiger partial charge on any atom is 0.251 e. The van der Waals surface area contributed by atoms with Crippen molar-refractivity contribution >= 4 is 23.2 Å². The highest BCUT2D eigenvalue weighted by molar-refractivity contribution is 6.01. The zero-order valence-corrected chi connectivity index (χ0v) is 17.3. The Hall–Kier alpha value is -2.86. The standard InChI is InChI=1S/C23H29N3O3/c1-16(2)21(25-22(27)18-6-4-17(3)5-7-18)23(28)24-19-8-10-20(11-9-19)26-12-14-29-15-13-26/h4-11,16,21H,12-15H2,1-3H3,(H,24,28)(H,25,27)/t21-/m0/s1. The van der Waals surface area contributed by atoms with Crippen molar-refractivity contribution in [3.63, 3.8) is 0 Å².